The SMILES string of the molecule is Cc1cc(Br)cc(CNCC2CC2C)c1O. The van der Waals surface area contributed by atoms with Crippen LogP contribution in [0.25, 0.3) is 0 Å². The highest BCUT2D eigenvalue weighted by Crippen LogP contribution is 2.37. The molecule has 2 atom stereocenters. The van der Waals surface area contributed by atoms with Crippen LogP contribution in [-0.2, 0) is 6.54 Å². The smallest absolute Gasteiger partial charge is 0.123 e. The summed E-state index contributed by atoms with van der Waals surface area (Å²) in [4.78, 5) is 0. The highest BCUT2D eigenvalue weighted by molar-refractivity contribution is 9.10. The molecule has 0 radical (unpaired) electrons. The fraction of sp³-hybridized carbons (Fsp3) is 0.538. The van der Waals surface area contributed by atoms with E-state index in [-0.39, 0.29) is 0 Å². The molecular weight excluding hydrogens is 266 g/mol. The molecule has 0 bridgehead atoms. The largest absolute Gasteiger partial charge is 0.507 e. The fourth-order valence-electron chi connectivity index (χ4n) is 2.02. The number of phenolic OH excluding ortho intramolecular Hbond substituents is 1. The minimum absolute atomic E-state index is 0.416. The van der Waals surface area contributed by atoms with Gasteiger partial charge in [-0.25, -0.2) is 0 Å². The van der Waals surface area contributed by atoms with E-state index in [0.717, 1.165) is 40.5 Å². The predicted octanol–water partition coefficient (Wildman–Crippen LogP) is 3.21. The molecule has 1 saturated carbocycles. The minimum Gasteiger partial charge on any atom is -0.507 e. The first-order valence-corrected chi connectivity index (χ1v) is 6.56. The van der Waals surface area contributed by atoms with Gasteiger partial charge in [0.15, 0.2) is 0 Å². The van der Waals surface area contributed by atoms with Gasteiger partial charge in [0.2, 0.25) is 0 Å². The van der Waals surface area contributed by atoms with Crippen LogP contribution in [0.5, 0.6) is 5.75 Å². The Kier molecular flexibility index (Phi) is 3.55. The van der Waals surface area contributed by atoms with Gasteiger partial charge in [-0.05, 0) is 49.4 Å². The summed E-state index contributed by atoms with van der Waals surface area (Å²) in [6, 6.07) is 3.91. The van der Waals surface area contributed by atoms with Crippen LogP contribution in [-0.4, -0.2) is 11.7 Å². The van der Waals surface area contributed by atoms with Crippen molar-refractivity contribution in [3.63, 3.8) is 0 Å². The molecule has 0 amide bonds. The summed E-state index contributed by atoms with van der Waals surface area (Å²) in [6.07, 6.45) is 1.34. The first-order chi connectivity index (χ1) is 7.58. The topological polar surface area (TPSA) is 32.3 Å². The first-order valence-electron chi connectivity index (χ1n) is 5.76. The quantitative estimate of drug-likeness (QED) is 0.890. The molecule has 0 heterocycles. The minimum atomic E-state index is 0.416. The Morgan fingerprint density at radius 3 is 2.81 bits per heavy atom. The lowest BCUT2D eigenvalue weighted by Crippen LogP contribution is -2.17. The molecule has 2 unspecified atom stereocenters. The van der Waals surface area contributed by atoms with Crippen molar-refractivity contribution in [2.45, 2.75) is 26.8 Å². The van der Waals surface area contributed by atoms with Crippen LogP contribution in [0.15, 0.2) is 16.6 Å². The van der Waals surface area contributed by atoms with Crippen LogP contribution in [0.1, 0.15) is 24.5 Å². The van der Waals surface area contributed by atoms with Gasteiger partial charge in [0.25, 0.3) is 0 Å². The molecule has 1 fully saturated rings. The van der Waals surface area contributed by atoms with E-state index in [2.05, 4.69) is 28.2 Å². The number of hydrogen-bond donors (Lipinski definition) is 2. The molecule has 88 valence electrons. The van der Waals surface area contributed by atoms with E-state index in [1.54, 1.807) is 0 Å². The van der Waals surface area contributed by atoms with E-state index in [1.165, 1.54) is 6.42 Å². The Bertz CT molecular complexity index is 392. The molecule has 1 aliphatic rings. The van der Waals surface area contributed by atoms with Gasteiger partial charge in [0.05, 0.1) is 0 Å². The maximum Gasteiger partial charge on any atom is 0.123 e. The molecular formula is C13H18BrNO. The van der Waals surface area contributed by atoms with Crippen LogP contribution in [0.2, 0.25) is 0 Å². The lowest BCUT2D eigenvalue weighted by atomic mass is 10.1. The van der Waals surface area contributed by atoms with Gasteiger partial charge < -0.3 is 10.4 Å². The number of halogens is 1. The Balaban J connectivity index is 1.93. The second-order valence-corrected chi connectivity index (χ2v) is 5.75. The van der Waals surface area contributed by atoms with E-state index in [4.69, 9.17) is 0 Å². The maximum absolute atomic E-state index is 9.89. The second-order valence-electron chi connectivity index (χ2n) is 4.83. The first kappa shape index (κ1) is 11.9. The number of aryl methyl sites for hydroxylation is 1. The molecule has 1 aromatic carbocycles. The van der Waals surface area contributed by atoms with Crippen molar-refractivity contribution in [2.75, 3.05) is 6.54 Å². The van der Waals surface area contributed by atoms with Crippen molar-refractivity contribution in [1.82, 2.24) is 5.32 Å². The third-order valence-corrected chi connectivity index (χ3v) is 3.80. The zero-order chi connectivity index (χ0) is 11.7. The normalized spacial score (nSPS) is 23.4. The molecule has 2 nitrogen and oxygen atoms in total. The summed E-state index contributed by atoms with van der Waals surface area (Å²) in [5, 5.41) is 13.3. The van der Waals surface area contributed by atoms with Crippen molar-refractivity contribution in [3.05, 3.63) is 27.7 Å². The molecule has 1 aromatic rings. The maximum atomic E-state index is 9.89. The van der Waals surface area contributed by atoms with E-state index in [9.17, 15) is 5.11 Å². The Labute approximate surface area is 105 Å². The average molecular weight is 284 g/mol. The third-order valence-electron chi connectivity index (χ3n) is 3.34. The second kappa shape index (κ2) is 4.76. The van der Waals surface area contributed by atoms with Crippen molar-refractivity contribution >= 4 is 15.9 Å². The predicted molar refractivity (Wildman–Crippen MR) is 69.5 cm³/mol. The summed E-state index contributed by atoms with van der Waals surface area (Å²) in [5.74, 6) is 2.14. The number of hydrogen-bond acceptors (Lipinski definition) is 2. The van der Waals surface area contributed by atoms with Crippen LogP contribution in [0, 0.1) is 18.8 Å². The van der Waals surface area contributed by atoms with Gasteiger partial charge in [-0.1, -0.05) is 22.9 Å². The zero-order valence-electron chi connectivity index (χ0n) is 9.76. The van der Waals surface area contributed by atoms with Crippen LogP contribution in [0.4, 0.5) is 0 Å². The van der Waals surface area contributed by atoms with Gasteiger partial charge >= 0.3 is 0 Å². The van der Waals surface area contributed by atoms with Gasteiger partial charge in [-0.15, -0.1) is 0 Å². The van der Waals surface area contributed by atoms with E-state index in [1.807, 2.05) is 19.1 Å². The molecule has 2 rings (SSSR count). The van der Waals surface area contributed by atoms with Crippen molar-refractivity contribution in [1.29, 1.82) is 0 Å². The monoisotopic (exact) mass is 283 g/mol. The number of benzene rings is 1. The van der Waals surface area contributed by atoms with Crippen LogP contribution in [0.3, 0.4) is 0 Å². The third kappa shape index (κ3) is 2.77. The van der Waals surface area contributed by atoms with E-state index >= 15 is 0 Å². The van der Waals surface area contributed by atoms with Gasteiger partial charge in [-0.2, -0.15) is 0 Å². The van der Waals surface area contributed by atoms with E-state index in [0.29, 0.717) is 5.75 Å². The summed E-state index contributed by atoms with van der Waals surface area (Å²) in [6.45, 7) is 6.02. The average Bonchev–Trinajstić information content (AvgIpc) is 2.90. The summed E-state index contributed by atoms with van der Waals surface area (Å²) < 4.78 is 1.03. The number of aromatic hydroxyl groups is 1. The molecule has 2 N–H and O–H groups in total. The Morgan fingerprint density at radius 1 is 1.50 bits per heavy atom. The summed E-state index contributed by atoms with van der Waals surface area (Å²) in [7, 11) is 0. The fourth-order valence-corrected chi connectivity index (χ4v) is 2.64. The standard InChI is InChI=1S/C13H18BrNO/c1-8-3-10(8)6-15-7-11-5-12(14)4-9(2)13(11)16/h4-5,8,10,15-16H,3,6-7H2,1-2H3. The van der Waals surface area contributed by atoms with Gasteiger partial charge in [0, 0.05) is 16.6 Å². The number of nitrogens with one attached hydrogen (secondary N) is 1. The molecule has 1 aliphatic carbocycles. The molecule has 0 spiro atoms. The van der Waals surface area contributed by atoms with Crippen molar-refractivity contribution in [2.24, 2.45) is 11.8 Å². The zero-order valence-corrected chi connectivity index (χ0v) is 11.3. The van der Waals surface area contributed by atoms with Crippen LogP contribution >= 0.6 is 15.9 Å². The lowest BCUT2D eigenvalue weighted by molar-refractivity contribution is 0.459. The van der Waals surface area contributed by atoms with Crippen molar-refractivity contribution in [3.8, 4) is 5.75 Å². The molecule has 3 heteroatoms. The van der Waals surface area contributed by atoms with Crippen molar-refractivity contribution < 1.29 is 5.11 Å². The lowest BCUT2D eigenvalue weighted by Gasteiger charge is -2.09. The molecule has 0 aromatic heterocycles. The van der Waals surface area contributed by atoms with Gasteiger partial charge in [-0.3, -0.25) is 0 Å². The summed E-state index contributed by atoms with van der Waals surface area (Å²) >= 11 is 3.45. The highest BCUT2D eigenvalue weighted by Gasteiger charge is 2.31. The molecule has 0 saturated heterocycles. The molecule has 16 heavy (non-hydrogen) atoms. The summed E-state index contributed by atoms with van der Waals surface area (Å²) in [5.41, 5.74) is 1.89. The van der Waals surface area contributed by atoms with Crippen LogP contribution < -0.4 is 5.32 Å². The number of rotatable bonds is 4. The Morgan fingerprint density at radius 2 is 2.19 bits per heavy atom. The Hall–Kier alpha value is -0.540. The van der Waals surface area contributed by atoms with E-state index < -0.39 is 0 Å². The van der Waals surface area contributed by atoms with Gasteiger partial charge in [0.1, 0.15) is 5.75 Å². The highest BCUT2D eigenvalue weighted by atomic mass is 79.9. The molecule has 0 aliphatic heterocycles. The number of phenols is 1.